The van der Waals surface area contributed by atoms with E-state index in [4.69, 9.17) is 5.73 Å². The van der Waals surface area contributed by atoms with Crippen molar-refractivity contribution in [1.29, 1.82) is 0 Å². The van der Waals surface area contributed by atoms with E-state index in [0.29, 0.717) is 0 Å². The number of amides is 1. The van der Waals surface area contributed by atoms with Gasteiger partial charge >= 0.3 is 0 Å². The molecule has 1 fully saturated rings. The number of carbonyl (C=O) groups excluding carboxylic acids is 1. The minimum absolute atomic E-state index is 0. The van der Waals surface area contributed by atoms with Crippen molar-refractivity contribution >= 4 is 43.6 Å². The van der Waals surface area contributed by atoms with Gasteiger partial charge < -0.3 is 5.73 Å². The van der Waals surface area contributed by atoms with Gasteiger partial charge in [-0.3, -0.25) is 10.1 Å². The number of hydrogen-bond acceptors (Lipinski definition) is 3. The van der Waals surface area contributed by atoms with Gasteiger partial charge in [0.2, 0.25) is 5.91 Å². The van der Waals surface area contributed by atoms with E-state index < -0.39 is 0 Å². The Morgan fingerprint density at radius 2 is 2.30 bits per heavy atom. The third-order valence-corrected chi connectivity index (χ3v) is 2.00. The zero-order valence-electron chi connectivity index (χ0n) is 5.29. The van der Waals surface area contributed by atoms with Crippen molar-refractivity contribution < 1.29 is 4.79 Å². The van der Waals surface area contributed by atoms with Gasteiger partial charge in [-0.2, -0.15) is 13.5 Å². The van der Waals surface area contributed by atoms with Crippen molar-refractivity contribution in [2.75, 3.05) is 11.6 Å². The fourth-order valence-corrected chi connectivity index (χ4v) is 1.53. The summed E-state index contributed by atoms with van der Waals surface area (Å²) in [7, 11) is 0. The summed E-state index contributed by atoms with van der Waals surface area (Å²) in [6, 6.07) is -0.0833. The summed E-state index contributed by atoms with van der Waals surface area (Å²) in [4.78, 5) is 10.3. The van der Waals surface area contributed by atoms with Crippen LogP contribution in [-0.4, -0.2) is 23.6 Å². The minimum atomic E-state index is -0.241. The predicted molar refractivity (Wildman–Crippen MR) is 51.1 cm³/mol. The maximum Gasteiger partial charge on any atom is 0.235 e. The average Bonchev–Trinajstić information content (AvgIpc) is 2.12. The van der Waals surface area contributed by atoms with Crippen molar-refractivity contribution in [1.82, 2.24) is 5.32 Å². The number of nitrogens with one attached hydrogen (secondary N) is 1. The van der Waals surface area contributed by atoms with Crippen LogP contribution in [0.5, 0.6) is 0 Å². The fourth-order valence-electron chi connectivity index (χ4n) is 0.578. The molecule has 1 aliphatic rings. The van der Waals surface area contributed by atoms with Crippen LogP contribution in [0.15, 0.2) is 0 Å². The predicted octanol–water partition coefficient (Wildman–Crippen LogP) is -0.331. The van der Waals surface area contributed by atoms with E-state index in [1.165, 1.54) is 0 Å². The molecule has 0 aliphatic carbocycles. The van der Waals surface area contributed by atoms with Crippen LogP contribution in [-0.2, 0) is 4.79 Å². The van der Waals surface area contributed by atoms with Crippen molar-refractivity contribution in [2.24, 2.45) is 5.73 Å². The lowest BCUT2D eigenvalue weighted by Crippen LogP contribution is -2.38. The topological polar surface area (TPSA) is 55.1 Å². The Hall–Kier alpha value is 0.420. The number of primary amides is 1. The molecule has 1 rings (SSSR count). The van der Waals surface area contributed by atoms with Crippen molar-refractivity contribution in [3.63, 3.8) is 0 Å². The van der Waals surface area contributed by atoms with E-state index in [-0.39, 0.29) is 37.9 Å². The van der Waals surface area contributed by atoms with Gasteiger partial charge in [-0.05, 0) is 0 Å². The molecule has 0 saturated carbocycles. The molecule has 0 bridgehead atoms. The summed E-state index contributed by atoms with van der Waals surface area (Å²) in [6.45, 7) is 0. The molecule has 6 heteroatoms. The first-order chi connectivity index (χ1) is 3.80. The van der Waals surface area contributed by atoms with Crippen molar-refractivity contribution in [3.8, 4) is 0 Å². The maximum absolute atomic E-state index is 10.3. The SMILES string of the molecule is Cl.NC(=O)C1CSCN1.S. The van der Waals surface area contributed by atoms with Crippen molar-refractivity contribution in [3.05, 3.63) is 0 Å². The van der Waals surface area contributed by atoms with Gasteiger partial charge in [0.25, 0.3) is 0 Å². The zero-order chi connectivity index (χ0) is 5.98. The van der Waals surface area contributed by atoms with Gasteiger partial charge in [0.15, 0.2) is 0 Å². The molecular formula is C4H11ClN2OS2. The highest BCUT2D eigenvalue weighted by molar-refractivity contribution is 7.99. The lowest BCUT2D eigenvalue weighted by Gasteiger charge is -1.99. The second-order valence-electron chi connectivity index (χ2n) is 1.67. The van der Waals surface area contributed by atoms with Gasteiger partial charge in [0.1, 0.15) is 0 Å². The zero-order valence-corrected chi connectivity index (χ0v) is 7.93. The Kier molecular flexibility index (Phi) is 8.02. The lowest BCUT2D eigenvalue weighted by atomic mass is 10.3. The molecule has 10 heavy (non-hydrogen) atoms. The largest absolute Gasteiger partial charge is 0.368 e. The van der Waals surface area contributed by atoms with E-state index in [2.05, 4.69) is 5.32 Å². The van der Waals surface area contributed by atoms with Gasteiger partial charge in [-0.15, -0.1) is 24.2 Å². The van der Waals surface area contributed by atoms with Crippen LogP contribution in [0, 0.1) is 0 Å². The van der Waals surface area contributed by atoms with E-state index in [0.717, 1.165) is 11.6 Å². The minimum Gasteiger partial charge on any atom is -0.368 e. The molecule has 0 aromatic carbocycles. The molecule has 0 aromatic rings. The van der Waals surface area contributed by atoms with Gasteiger partial charge in [-0.1, -0.05) is 0 Å². The third kappa shape index (κ3) is 3.55. The molecule has 1 amide bonds. The van der Waals surface area contributed by atoms with Gasteiger partial charge in [0, 0.05) is 11.6 Å². The molecule has 62 valence electrons. The third-order valence-electron chi connectivity index (χ3n) is 1.06. The summed E-state index contributed by atoms with van der Waals surface area (Å²) in [6.07, 6.45) is 0. The molecule has 0 spiro atoms. The van der Waals surface area contributed by atoms with Crippen LogP contribution in [0.25, 0.3) is 0 Å². The van der Waals surface area contributed by atoms with Crippen LogP contribution < -0.4 is 11.1 Å². The van der Waals surface area contributed by atoms with Crippen LogP contribution in [0.1, 0.15) is 0 Å². The lowest BCUT2D eigenvalue weighted by molar-refractivity contribution is -0.119. The summed E-state index contributed by atoms with van der Waals surface area (Å²) in [5.74, 6) is 1.44. The highest BCUT2D eigenvalue weighted by Crippen LogP contribution is 2.07. The molecule has 1 saturated heterocycles. The summed E-state index contributed by atoms with van der Waals surface area (Å²) < 4.78 is 0. The standard InChI is InChI=1S/C4H8N2OS.ClH.H2S/c5-4(7)3-1-8-2-6-3;;/h3,6H,1-2H2,(H2,5,7);1H;1H2. The van der Waals surface area contributed by atoms with Crippen LogP contribution in [0.3, 0.4) is 0 Å². The molecule has 1 atom stereocenters. The highest BCUT2D eigenvalue weighted by Gasteiger charge is 2.18. The van der Waals surface area contributed by atoms with Crippen LogP contribution in [0.4, 0.5) is 0 Å². The van der Waals surface area contributed by atoms with E-state index in [1.807, 2.05) is 0 Å². The molecule has 3 N–H and O–H groups in total. The number of hydrogen-bond donors (Lipinski definition) is 2. The van der Waals surface area contributed by atoms with Crippen LogP contribution >= 0.6 is 37.7 Å². The quantitative estimate of drug-likeness (QED) is 0.613. The summed E-state index contributed by atoms with van der Waals surface area (Å²) >= 11 is 1.70. The van der Waals surface area contributed by atoms with E-state index in [9.17, 15) is 4.79 Å². The normalized spacial score (nSPS) is 22.6. The molecular weight excluding hydrogens is 192 g/mol. The molecule has 0 aromatic heterocycles. The van der Waals surface area contributed by atoms with E-state index in [1.54, 1.807) is 11.8 Å². The number of carbonyl (C=O) groups is 1. The molecule has 1 heterocycles. The highest BCUT2D eigenvalue weighted by atomic mass is 35.5. The number of rotatable bonds is 1. The monoisotopic (exact) mass is 202 g/mol. The molecule has 1 aliphatic heterocycles. The Balaban J connectivity index is 0. The Morgan fingerprint density at radius 1 is 1.70 bits per heavy atom. The number of nitrogens with two attached hydrogens (primary N) is 1. The second-order valence-corrected chi connectivity index (χ2v) is 2.70. The maximum atomic E-state index is 10.3. The van der Waals surface area contributed by atoms with Crippen molar-refractivity contribution in [2.45, 2.75) is 6.04 Å². The molecule has 0 radical (unpaired) electrons. The number of thioether (sulfide) groups is 1. The Labute approximate surface area is 77.3 Å². The summed E-state index contributed by atoms with van der Waals surface area (Å²) in [5, 5.41) is 2.94. The first-order valence-corrected chi connectivity index (χ1v) is 3.56. The van der Waals surface area contributed by atoms with E-state index >= 15 is 0 Å². The Morgan fingerprint density at radius 3 is 2.50 bits per heavy atom. The average molecular weight is 203 g/mol. The van der Waals surface area contributed by atoms with Crippen LogP contribution in [0.2, 0.25) is 0 Å². The Bertz CT molecular complexity index is 107. The van der Waals surface area contributed by atoms with Gasteiger partial charge in [-0.25, -0.2) is 0 Å². The first-order valence-electron chi connectivity index (χ1n) is 2.41. The summed E-state index contributed by atoms with van der Waals surface area (Å²) in [5.41, 5.74) is 4.98. The molecule has 1 unspecified atom stereocenters. The van der Waals surface area contributed by atoms with Gasteiger partial charge in [0.05, 0.1) is 6.04 Å². The number of halogens is 1. The smallest absolute Gasteiger partial charge is 0.235 e. The second kappa shape index (κ2) is 6.15. The first kappa shape index (κ1) is 13.0. The fraction of sp³-hybridized carbons (Fsp3) is 0.750. The molecule has 3 nitrogen and oxygen atoms in total.